The van der Waals surface area contributed by atoms with E-state index in [4.69, 9.17) is 68.8 Å². The zero-order chi connectivity index (χ0) is 85.0. The van der Waals surface area contributed by atoms with Gasteiger partial charge in [0.2, 0.25) is 0 Å². The quantitative estimate of drug-likeness (QED) is 0.0664. The molecule has 654 valence electrons. The SMILES string of the molecule is C.CC(C)(C)S(=O)N[C@@H]1CCCC12CCN(c1ccc(-c3cccc(Cl)c3Cl)c3cncn13)CC2.CC(C)(C)S(=O)N[C@@H]1CCCC12CCN(c1ccc(Br)c3cncn13)CC2.CC(C)(C)S(=O)N[C@@H]1CCCC12CCNCC2.CO.Clc1ccc(Br)c2cncn12.N[C@@H]1CCCC12CCN(c1ccc(-c3cccc(Cl)c3Cl)c3cncn13)CC2. The van der Waals surface area contributed by atoms with Crippen LogP contribution in [-0.2, 0) is 33.0 Å². The van der Waals surface area contributed by atoms with Crippen LogP contribution in [0.1, 0.15) is 198 Å². The van der Waals surface area contributed by atoms with Gasteiger partial charge in [-0.15, -0.1) is 0 Å². The van der Waals surface area contributed by atoms with Crippen molar-refractivity contribution < 1.29 is 17.7 Å². The van der Waals surface area contributed by atoms with Crippen LogP contribution in [0.15, 0.2) is 144 Å². The summed E-state index contributed by atoms with van der Waals surface area (Å²) in [6, 6.07) is 29.6. The van der Waals surface area contributed by atoms with E-state index in [2.05, 4.69) is 136 Å². The molecule has 4 saturated carbocycles. The summed E-state index contributed by atoms with van der Waals surface area (Å²) in [6.45, 7) is 26.7. The number of aliphatic hydroxyl groups excluding tert-OH is 1. The van der Waals surface area contributed by atoms with Crippen molar-refractivity contribution in [1.29, 1.82) is 0 Å². The summed E-state index contributed by atoms with van der Waals surface area (Å²) < 4.78 is 57.9. The van der Waals surface area contributed by atoms with Crippen LogP contribution in [0.25, 0.3) is 44.3 Å². The largest absolute Gasteiger partial charge is 0.400 e. The topological polar surface area (TPSA) is 224 Å². The van der Waals surface area contributed by atoms with Gasteiger partial charge >= 0.3 is 0 Å². The van der Waals surface area contributed by atoms with Crippen LogP contribution in [0.3, 0.4) is 0 Å². The van der Waals surface area contributed by atoms with Gasteiger partial charge in [-0.1, -0.05) is 115 Å². The number of aliphatic hydroxyl groups is 1. The molecular formula is C90H123Br2Cl5N16O4S3. The minimum absolute atomic E-state index is 0. The number of pyridine rings is 4. The Kier molecular flexibility index (Phi) is 31.5. The molecule has 3 unspecified atom stereocenters. The average Bonchev–Trinajstić information content (AvgIpc) is 1.40. The Balaban J connectivity index is 0.000000142. The molecule has 10 aromatic rings. The summed E-state index contributed by atoms with van der Waals surface area (Å²) in [7, 11) is -1.96. The molecular weight excluding hydrogens is 1800 g/mol. The number of hydrogen-bond donors (Lipinski definition) is 6. The third-order valence-electron chi connectivity index (χ3n) is 26.6. The van der Waals surface area contributed by atoms with Crippen molar-refractivity contribution in [3.8, 4) is 22.3 Å². The van der Waals surface area contributed by atoms with Crippen molar-refractivity contribution >= 4 is 162 Å². The van der Waals surface area contributed by atoms with Crippen molar-refractivity contribution in [3.63, 3.8) is 0 Å². The van der Waals surface area contributed by atoms with Gasteiger partial charge in [0.15, 0.2) is 0 Å². The number of nitrogens with two attached hydrogens (primary N) is 1. The number of halogens is 7. The van der Waals surface area contributed by atoms with E-state index in [9.17, 15) is 12.6 Å². The molecule has 120 heavy (non-hydrogen) atoms. The third kappa shape index (κ3) is 20.6. The molecule has 20 nitrogen and oxygen atoms in total. The number of benzene rings is 2. The van der Waals surface area contributed by atoms with Crippen molar-refractivity contribution in [2.45, 2.75) is 237 Å². The van der Waals surface area contributed by atoms with E-state index in [0.717, 1.165) is 157 Å². The summed E-state index contributed by atoms with van der Waals surface area (Å²) in [4.78, 5) is 24.6. The summed E-state index contributed by atoms with van der Waals surface area (Å²) >= 11 is 38.4. The number of piperidine rings is 4. The normalized spacial score (nSPS) is 21.9. The molecule has 0 amide bonds. The predicted octanol–water partition coefficient (Wildman–Crippen LogP) is 21.1. The minimum atomic E-state index is -1.03. The lowest BCUT2D eigenvalue weighted by molar-refractivity contribution is 0.175. The van der Waals surface area contributed by atoms with Crippen LogP contribution in [-0.4, -0.2) is 153 Å². The Bertz CT molecular complexity index is 5170. The Morgan fingerprint density at radius 3 is 1.10 bits per heavy atom. The standard InChI is InChI=1S/C26H32Cl2N4OS.C22H24Cl2N4.C20H29BrN4OS.C13H26N2OS.C7H4BrClN2.CH4O.CH4/c1-25(2,3)34(33)30-22-8-5-11-26(22)12-14-31(15-13-26)23-10-9-18(21-16-29-17-32(21)23)19-6-4-7-20(27)24(19)28;23-17-4-1-3-16(21(17)24)15-6-7-20(28-14-26-13-18(15)28)27-11-9-22(10-12-27)8-2-5-19(22)25;1-19(2,3)27(26)23-17-5-4-8-20(17)9-11-24(12-10-20)18-7-6-15(21)16-13-22-14-25(16)18;1-12(2,3)17(16)15-11-5-4-6-13(11)7-9-14-10-8-13;8-5-1-2-7(9)11-4-10-3-6(5)11;1-2;/h4,6-7,9-10,16-17,22,30H,5,8,11-15H2,1-3H3;1,3-4,6-7,13-14,19H,2,5,8-12,25H2;6-7,13-14,17,23H,4-5,8-12H2,1-3H3;11,14-15H,4-10H2,1-3H3;1-4H;2H,1H3;1H4/t22-,34?;19-;17-,27?;11-,17?;;;/m1111.../s1. The second-order valence-corrected chi connectivity index (χ2v) is 46.2. The first kappa shape index (κ1) is 94.4. The van der Waals surface area contributed by atoms with E-state index in [0.29, 0.717) is 65.7 Å². The highest BCUT2D eigenvalue weighted by atomic mass is 79.9. The molecule has 8 aromatic heterocycles. The summed E-state index contributed by atoms with van der Waals surface area (Å²) in [6.07, 6.45) is 38.8. The van der Waals surface area contributed by atoms with E-state index in [-0.39, 0.29) is 27.1 Å². The fraction of sp³-hybridized carbons (Fsp3) is 0.556. The molecule has 7 N–H and O–H groups in total. The highest BCUT2D eigenvalue weighted by Gasteiger charge is 2.50. The molecule has 12 heterocycles. The van der Waals surface area contributed by atoms with E-state index in [1.165, 1.54) is 102 Å². The maximum absolute atomic E-state index is 12.8. The van der Waals surface area contributed by atoms with Gasteiger partial charge in [0.25, 0.3) is 0 Å². The molecule has 4 spiro atoms. The minimum Gasteiger partial charge on any atom is -0.400 e. The first-order valence-corrected chi connectivity index (χ1v) is 49.1. The second kappa shape index (κ2) is 40.0. The Morgan fingerprint density at radius 1 is 0.417 bits per heavy atom. The van der Waals surface area contributed by atoms with Gasteiger partial charge in [0.1, 0.15) is 47.9 Å². The third-order valence-corrected chi connectivity index (χ3v) is 34.7. The number of aromatic nitrogens is 8. The molecule has 0 radical (unpaired) electrons. The molecule has 4 aliphatic carbocycles. The predicted molar refractivity (Wildman–Crippen MR) is 511 cm³/mol. The summed E-state index contributed by atoms with van der Waals surface area (Å²) in [5.74, 6) is 3.53. The van der Waals surface area contributed by atoms with E-state index < -0.39 is 33.0 Å². The van der Waals surface area contributed by atoms with Gasteiger partial charge in [0, 0.05) is 102 Å². The van der Waals surface area contributed by atoms with Crippen LogP contribution < -0.4 is 39.9 Å². The molecule has 4 saturated heterocycles. The van der Waals surface area contributed by atoms with Gasteiger partial charge in [-0.25, -0.2) is 46.7 Å². The molecule has 18 rings (SSSR count). The van der Waals surface area contributed by atoms with Crippen molar-refractivity contribution in [2.75, 3.05) is 74.2 Å². The first-order chi connectivity index (χ1) is 56.8. The molecule has 8 aliphatic rings. The van der Waals surface area contributed by atoms with E-state index in [1.54, 1.807) is 18.6 Å². The number of imidazole rings is 4. The fourth-order valence-corrected chi connectivity index (χ4v) is 24.3. The highest BCUT2D eigenvalue weighted by Crippen LogP contribution is 2.52. The Morgan fingerprint density at radius 2 is 0.733 bits per heavy atom. The molecule has 0 bridgehead atoms. The lowest BCUT2D eigenvalue weighted by atomic mass is 9.74. The van der Waals surface area contributed by atoms with Crippen molar-refractivity contribution in [3.05, 3.63) is 169 Å². The monoisotopic (exact) mass is 1920 g/mol. The molecule has 7 atom stereocenters. The highest BCUT2D eigenvalue weighted by molar-refractivity contribution is 9.11. The maximum atomic E-state index is 12.8. The number of fused-ring (bicyclic) bond motifs is 4. The lowest BCUT2D eigenvalue weighted by Gasteiger charge is -2.44. The van der Waals surface area contributed by atoms with E-state index in [1.807, 2.05) is 147 Å². The smallest absolute Gasteiger partial charge is 0.114 e. The van der Waals surface area contributed by atoms with Crippen LogP contribution >= 0.6 is 89.9 Å². The van der Waals surface area contributed by atoms with Crippen LogP contribution in [0.4, 0.5) is 17.5 Å². The Hall–Kier alpha value is -4.78. The van der Waals surface area contributed by atoms with Gasteiger partial charge in [-0.2, -0.15) is 0 Å². The maximum Gasteiger partial charge on any atom is 0.114 e. The van der Waals surface area contributed by atoms with E-state index >= 15 is 0 Å². The van der Waals surface area contributed by atoms with Gasteiger partial charge < -0.3 is 30.9 Å². The van der Waals surface area contributed by atoms with Gasteiger partial charge in [-0.05, 0) is 292 Å². The zero-order valence-electron chi connectivity index (χ0n) is 70.3. The lowest BCUT2D eigenvalue weighted by Crippen LogP contribution is -2.51. The fourth-order valence-electron chi connectivity index (χ4n) is 19.5. The average molecular weight is 1930 g/mol. The van der Waals surface area contributed by atoms with Crippen LogP contribution in [0.2, 0.25) is 25.2 Å². The molecule has 30 heteroatoms. The number of anilines is 3. The van der Waals surface area contributed by atoms with Gasteiger partial charge in [-0.3, -0.25) is 17.6 Å². The molecule has 8 fully saturated rings. The van der Waals surface area contributed by atoms with Crippen LogP contribution in [0.5, 0.6) is 0 Å². The zero-order valence-corrected chi connectivity index (χ0v) is 79.8. The van der Waals surface area contributed by atoms with Crippen molar-refractivity contribution in [2.24, 2.45) is 27.4 Å². The summed E-state index contributed by atoms with van der Waals surface area (Å²) in [5.41, 5.74) is 15.8. The number of nitrogens with one attached hydrogen (secondary N) is 4. The molecule has 2 aromatic carbocycles. The van der Waals surface area contributed by atoms with Crippen LogP contribution in [0, 0.1) is 21.7 Å². The molecule has 4 aliphatic heterocycles. The number of nitrogens with zero attached hydrogens (tertiary/aromatic N) is 11. The number of hydrogen-bond acceptors (Lipinski definition) is 13. The number of rotatable bonds is 11. The second-order valence-electron chi connectivity index (χ2n) is 36.5. The Labute approximate surface area is 760 Å². The summed E-state index contributed by atoms with van der Waals surface area (Å²) in [5, 5.41) is 13.4. The van der Waals surface area contributed by atoms with Crippen molar-refractivity contribution in [1.82, 2.24) is 57.0 Å². The first-order valence-electron chi connectivity index (χ1n) is 42.2. The van der Waals surface area contributed by atoms with Gasteiger partial charge in [0.05, 0.1) is 114 Å².